The van der Waals surface area contributed by atoms with Crippen molar-refractivity contribution in [2.75, 3.05) is 38.2 Å². The number of hydrogen-bond donors (Lipinski definition) is 2. The van der Waals surface area contributed by atoms with Crippen LogP contribution < -0.4 is 15.4 Å². The van der Waals surface area contributed by atoms with Gasteiger partial charge in [0.1, 0.15) is 11.5 Å². The molecule has 0 radical (unpaired) electrons. The third-order valence-corrected chi connectivity index (χ3v) is 6.08. The maximum absolute atomic E-state index is 12.4. The van der Waals surface area contributed by atoms with Crippen LogP contribution in [0.15, 0.2) is 48.5 Å². The van der Waals surface area contributed by atoms with E-state index in [1.54, 1.807) is 6.07 Å². The van der Waals surface area contributed by atoms with Crippen molar-refractivity contribution in [3.63, 3.8) is 0 Å². The number of carbonyl (C=O) groups is 1. The van der Waals surface area contributed by atoms with Crippen molar-refractivity contribution in [1.29, 1.82) is 0 Å². The molecule has 2 atom stereocenters. The fourth-order valence-electron chi connectivity index (χ4n) is 4.16. The van der Waals surface area contributed by atoms with Gasteiger partial charge in [0.25, 0.3) is 0 Å². The van der Waals surface area contributed by atoms with Gasteiger partial charge in [-0.15, -0.1) is 0 Å². The van der Waals surface area contributed by atoms with Crippen LogP contribution in [0.2, 0.25) is 5.02 Å². The van der Waals surface area contributed by atoms with Gasteiger partial charge in [-0.1, -0.05) is 23.7 Å². The molecule has 30 heavy (non-hydrogen) atoms. The number of amides is 2. The Morgan fingerprint density at radius 3 is 2.63 bits per heavy atom. The van der Waals surface area contributed by atoms with Gasteiger partial charge in [-0.3, -0.25) is 4.90 Å². The summed E-state index contributed by atoms with van der Waals surface area (Å²) < 4.78 is 11.4. The maximum Gasteiger partial charge on any atom is 0.319 e. The summed E-state index contributed by atoms with van der Waals surface area (Å²) in [5, 5.41) is 6.51. The molecule has 4 rings (SSSR count). The molecule has 2 fully saturated rings. The van der Waals surface area contributed by atoms with Crippen molar-refractivity contribution in [2.45, 2.75) is 25.3 Å². The van der Waals surface area contributed by atoms with Gasteiger partial charge in [-0.05, 0) is 68.8 Å². The van der Waals surface area contributed by atoms with E-state index in [2.05, 4.69) is 15.5 Å². The van der Waals surface area contributed by atoms with E-state index < -0.39 is 0 Å². The molecule has 2 aliphatic rings. The highest BCUT2D eigenvalue weighted by Crippen LogP contribution is 2.29. The first-order valence-electron chi connectivity index (χ1n) is 10.6. The van der Waals surface area contributed by atoms with Crippen LogP contribution in [0.4, 0.5) is 10.5 Å². The first kappa shape index (κ1) is 21.0. The minimum absolute atomic E-state index is 0.196. The highest BCUT2D eigenvalue weighted by atomic mass is 35.5. The lowest BCUT2D eigenvalue weighted by atomic mass is 9.97. The summed E-state index contributed by atoms with van der Waals surface area (Å²) in [6.07, 6.45) is 3.54. The SMILES string of the molecule is O=C(NC[C@H]([C@@H]1CCOC1)N1CCCC1)Nc1ccc(Oc2ccccc2Cl)cc1. The van der Waals surface area contributed by atoms with Crippen LogP contribution in [-0.4, -0.2) is 49.8 Å². The molecule has 7 heteroatoms. The minimum Gasteiger partial charge on any atom is -0.456 e. The second-order valence-electron chi connectivity index (χ2n) is 7.83. The number of urea groups is 1. The normalized spacial score (nSPS) is 20.1. The molecule has 2 amide bonds. The van der Waals surface area contributed by atoms with Gasteiger partial charge in [0.05, 0.1) is 11.6 Å². The monoisotopic (exact) mass is 429 g/mol. The fourth-order valence-corrected chi connectivity index (χ4v) is 4.33. The number of hydrogen-bond acceptors (Lipinski definition) is 4. The smallest absolute Gasteiger partial charge is 0.319 e. The first-order chi connectivity index (χ1) is 14.7. The zero-order valence-corrected chi connectivity index (χ0v) is 17.7. The number of para-hydroxylation sites is 1. The standard InChI is InChI=1S/C23H28ClN3O3/c24-20-5-1-2-6-22(20)30-19-9-7-18(8-10-19)26-23(28)25-15-21(17-11-14-29-16-17)27-12-3-4-13-27/h1-2,5-10,17,21H,3-4,11-16H2,(H2,25,26,28)/t17-,21-/m1/s1. The third kappa shape index (κ3) is 5.45. The summed E-state index contributed by atoms with van der Waals surface area (Å²) >= 11 is 6.13. The van der Waals surface area contributed by atoms with Crippen LogP contribution in [0.3, 0.4) is 0 Å². The summed E-state index contributed by atoms with van der Waals surface area (Å²) in [5.74, 6) is 1.75. The number of nitrogens with zero attached hydrogens (tertiary/aromatic N) is 1. The number of benzene rings is 2. The molecule has 0 aliphatic carbocycles. The topological polar surface area (TPSA) is 62.8 Å². The van der Waals surface area contributed by atoms with E-state index in [4.69, 9.17) is 21.1 Å². The Morgan fingerprint density at radius 2 is 1.93 bits per heavy atom. The molecular weight excluding hydrogens is 402 g/mol. The van der Waals surface area contributed by atoms with Crippen molar-refractivity contribution in [1.82, 2.24) is 10.2 Å². The largest absolute Gasteiger partial charge is 0.456 e. The molecule has 0 saturated carbocycles. The molecule has 0 spiro atoms. The lowest BCUT2D eigenvalue weighted by Gasteiger charge is -2.31. The number of carbonyl (C=O) groups excluding carboxylic acids is 1. The second kappa shape index (κ2) is 10.2. The van der Waals surface area contributed by atoms with Crippen molar-refractivity contribution in [3.05, 3.63) is 53.6 Å². The lowest BCUT2D eigenvalue weighted by molar-refractivity contribution is 0.135. The van der Waals surface area contributed by atoms with E-state index in [1.807, 2.05) is 42.5 Å². The molecule has 6 nitrogen and oxygen atoms in total. The summed E-state index contributed by atoms with van der Waals surface area (Å²) in [5.41, 5.74) is 0.709. The molecule has 160 valence electrons. The minimum atomic E-state index is -0.196. The molecule has 2 aromatic rings. The van der Waals surface area contributed by atoms with E-state index >= 15 is 0 Å². The van der Waals surface area contributed by atoms with Crippen molar-refractivity contribution in [3.8, 4) is 11.5 Å². The predicted octanol–water partition coefficient (Wildman–Crippen LogP) is 4.75. The Labute approximate surface area is 182 Å². The van der Waals surface area contributed by atoms with Crippen LogP contribution in [-0.2, 0) is 4.74 Å². The van der Waals surface area contributed by atoms with Crippen LogP contribution in [0, 0.1) is 5.92 Å². The van der Waals surface area contributed by atoms with E-state index in [0.717, 1.165) is 32.7 Å². The molecule has 2 heterocycles. The number of halogens is 1. The zero-order valence-electron chi connectivity index (χ0n) is 17.0. The van der Waals surface area contributed by atoms with E-state index in [9.17, 15) is 4.79 Å². The number of rotatable bonds is 7. The molecule has 2 aromatic carbocycles. The molecule has 0 aromatic heterocycles. The third-order valence-electron chi connectivity index (χ3n) is 5.77. The molecule has 0 bridgehead atoms. The van der Waals surface area contributed by atoms with Crippen molar-refractivity contribution >= 4 is 23.3 Å². The Bertz CT molecular complexity index is 818. The lowest BCUT2D eigenvalue weighted by Crippen LogP contribution is -2.48. The van der Waals surface area contributed by atoms with Gasteiger partial charge in [0.2, 0.25) is 0 Å². The summed E-state index contributed by atoms with van der Waals surface area (Å²) in [4.78, 5) is 14.9. The Hall–Kier alpha value is -2.28. The quantitative estimate of drug-likeness (QED) is 0.666. The van der Waals surface area contributed by atoms with Crippen molar-refractivity contribution < 1.29 is 14.3 Å². The zero-order chi connectivity index (χ0) is 20.8. The van der Waals surface area contributed by atoms with Gasteiger partial charge in [0.15, 0.2) is 0 Å². The highest BCUT2D eigenvalue weighted by Gasteiger charge is 2.32. The van der Waals surface area contributed by atoms with Gasteiger partial charge in [0, 0.05) is 30.8 Å². The van der Waals surface area contributed by atoms with Gasteiger partial charge < -0.3 is 20.1 Å². The predicted molar refractivity (Wildman–Crippen MR) is 119 cm³/mol. The number of ether oxygens (including phenoxy) is 2. The summed E-state index contributed by atoms with van der Waals surface area (Å²) in [6, 6.07) is 14.7. The fraction of sp³-hybridized carbons (Fsp3) is 0.435. The number of likely N-dealkylation sites (tertiary alicyclic amines) is 1. The van der Waals surface area contributed by atoms with Crippen LogP contribution >= 0.6 is 11.6 Å². The first-order valence-corrected chi connectivity index (χ1v) is 11.0. The summed E-state index contributed by atoms with van der Waals surface area (Å²) in [7, 11) is 0. The van der Waals surface area contributed by atoms with Crippen LogP contribution in [0.25, 0.3) is 0 Å². The Morgan fingerprint density at radius 1 is 1.17 bits per heavy atom. The molecule has 2 saturated heterocycles. The highest BCUT2D eigenvalue weighted by molar-refractivity contribution is 6.32. The van der Waals surface area contributed by atoms with E-state index in [-0.39, 0.29) is 6.03 Å². The maximum atomic E-state index is 12.4. The molecule has 2 aliphatic heterocycles. The summed E-state index contributed by atoms with van der Waals surface area (Å²) in [6.45, 7) is 4.46. The molecule has 0 unspecified atom stereocenters. The average Bonchev–Trinajstić information content (AvgIpc) is 3.46. The van der Waals surface area contributed by atoms with Gasteiger partial charge in [-0.2, -0.15) is 0 Å². The van der Waals surface area contributed by atoms with Crippen molar-refractivity contribution in [2.24, 2.45) is 5.92 Å². The van der Waals surface area contributed by atoms with Gasteiger partial charge >= 0.3 is 6.03 Å². The van der Waals surface area contributed by atoms with E-state index in [1.165, 1.54) is 12.8 Å². The number of nitrogens with one attached hydrogen (secondary N) is 2. The average molecular weight is 430 g/mol. The van der Waals surface area contributed by atoms with Crippen LogP contribution in [0.1, 0.15) is 19.3 Å². The van der Waals surface area contributed by atoms with Gasteiger partial charge in [-0.25, -0.2) is 4.79 Å². The number of anilines is 1. The second-order valence-corrected chi connectivity index (χ2v) is 8.23. The molecule has 2 N–H and O–H groups in total. The van der Waals surface area contributed by atoms with E-state index in [0.29, 0.717) is 40.7 Å². The molecular formula is C23H28ClN3O3. The van der Waals surface area contributed by atoms with Crippen LogP contribution in [0.5, 0.6) is 11.5 Å². The Balaban J connectivity index is 1.29. The Kier molecular flexibility index (Phi) is 7.10.